The third-order valence-corrected chi connectivity index (χ3v) is 2.61. The van der Waals surface area contributed by atoms with E-state index in [0.717, 1.165) is 6.20 Å². The summed E-state index contributed by atoms with van der Waals surface area (Å²) in [7, 11) is -9.69. The average Bonchev–Trinajstić information content (AvgIpc) is 2.00. The monoisotopic (exact) mass is 248 g/mol. The van der Waals surface area contributed by atoms with E-state index in [-0.39, 0.29) is 11.9 Å². The summed E-state index contributed by atoms with van der Waals surface area (Å²) < 4.78 is 61.4. The molecule has 8 heteroatoms. The Morgan fingerprint density at radius 1 is 1.07 bits per heavy atom. The molecule has 1 aromatic heterocycles. The van der Waals surface area contributed by atoms with Crippen LogP contribution in [0.25, 0.3) is 0 Å². The summed E-state index contributed by atoms with van der Waals surface area (Å²) in [5, 5.41) is -2.18. The Hall–Kier alpha value is -0.920. The fourth-order valence-electron chi connectivity index (χ4n) is 0.826. The van der Waals surface area contributed by atoms with Crippen LogP contribution in [0.1, 0.15) is 25.5 Å². The predicted molar refractivity (Wildman–Crippen MR) is 47.5 cm³/mol. The minimum Gasteiger partial charge on any atom is -0.260 e. The Balaban J connectivity index is 3.37. The molecule has 0 atom stereocenters. The van der Waals surface area contributed by atoms with Gasteiger partial charge in [-0.3, -0.25) is 4.98 Å². The highest BCUT2D eigenvalue weighted by molar-refractivity contribution is 8.45. The molecule has 15 heavy (non-hydrogen) atoms. The van der Waals surface area contributed by atoms with Crippen LogP contribution in [0.2, 0.25) is 0 Å². The zero-order chi connectivity index (χ0) is 12.0. The summed E-state index contributed by atoms with van der Waals surface area (Å²) in [5.41, 5.74) is -0.110. The van der Waals surface area contributed by atoms with Gasteiger partial charge in [0.15, 0.2) is 0 Å². The molecule has 0 radical (unpaired) electrons. The van der Waals surface area contributed by atoms with E-state index in [0.29, 0.717) is 0 Å². The van der Waals surface area contributed by atoms with Crippen LogP contribution >= 0.6 is 10.2 Å². The smallest absolute Gasteiger partial charge is 0.260 e. The summed E-state index contributed by atoms with van der Waals surface area (Å²) >= 11 is 0. The molecule has 0 unspecified atom stereocenters. The van der Waals surface area contributed by atoms with Crippen LogP contribution in [0.4, 0.5) is 19.4 Å². The first-order valence-electron chi connectivity index (χ1n) is 3.96. The molecule has 0 amide bonds. The maximum atomic E-state index is 12.3. The van der Waals surface area contributed by atoms with Crippen LogP contribution in [0.15, 0.2) is 17.4 Å². The van der Waals surface area contributed by atoms with E-state index in [1.54, 1.807) is 13.8 Å². The first kappa shape index (κ1) is 12.2. The highest BCUT2D eigenvalue weighted by atomic mass is 32.5. The Kier molecular flexibility index (Phi) is 2.11. The van der Waals surface area contributed by atoms with E-state index in [2.05, 4.69) is 9.97 Å². The van der Waals surface area contributed by atoms with Crippen molar-refractivity contribution >= 4 is 10.2 Å². The van der Waals surface area contributed by atoms with Crippen molar-refractivity contribution < 1.29 is 19.4 Å². The van der Waals surface area contributed by atoms with Crippen molar-refractivity contribution in [3.05, 3.63) is 18.1 Å². The van der Waals surface area contributed by atoms with Crippen LogP contribution < -0.4 is 0 Å². The number of aromatic nitrogens is 2. The van der Waals surface area contributed by atoms with E-state index in [1.807, 2.05) is 0 Å². The van der Waals surface area contributed by atoms with Gasteiger partial charge >= 0.3 is 10.2 Å². The normalized spacial score (nSPS) is 17.3. The van der Waals surface area contributed by atoms with Gasteiger partial charge in [0.2, 0.25) is 5.03 Å². The Labute approximate surface area is 83.3 Å². The van der Waals surface area contributed by atoms with Crippen LogP contribution in [-0.4, -0.2) is 9.97 Å². The lowest BCUT2D eigenvalue weighted by Gasteiger charge is -2.39. The number of hydrogen-bond donors (Lipinski definition) is 0. The molecule has 1 rings (SSSR count). The van der Waals surface area contributed by atoms with Gasteiger partial charge in [-0.15, -0.1) is 0 Å². The first-order valence-corrected chi connectivity index (χ1v) is 5.91. The fraction of sp³-hybridized carbons (Fsp3) is 0.429. The van der Waals surface area contributed by atoms with Crippen LogP contribution in [0.3, 0.4) is 0 Å². The molecule has 0 N–H and O–H groups in total. The Bertz CT molecular complexity index is 385. The SMILES string of the molecule is CC(C)c1cncc(S(F)(F)(F)(F)F)n1. The second kappa shape index (κ2) is 2.60. The molecule has 0 saturated carbocycles. The van der Waals surface area contributed by atoms with Crippen LogP contribution in [0.5, 0.6) is 0 Å². The lowest BCUT2D eigenvalue weighted by molar-refractivity contribution is 0.356. The van der Waals surface area contributed by atoms with Crippen molar-refractivity contribution in [3.63, 3.8) is 0 Å². The van der Waals surface area contributed by atoms with E-state index in [4.69, 9.17) is 0 Å². The minimum atomic E-state index is -9.69. The van der Waals surface area contributed by atoms with Gasteiger partial charge < -0.3 is 0 Å². The highest BCUT2D eigenvalue weighted by Crippen LogP contribution is 3.01. The highest BCUT2D eigenvalue weighted by Gasteiger charge is 2.67. The van der Waals surface area contributed by atoms with Crippen molar-refractivity contribution in [2.45, 2.75) is 24.8 Å². The van der Waals surface area contributed by atoms with Gasteiger partial charge in [-0.1, -0.05) is 33.3 Å². The summed E-state index contributed by atoms with van der Waals surface area (Å²) in [5.74, 6) is -0.391. The van der Waals surface area contributed by atoms with Gasteiger partial charge in [0.05, 0.1) is 11.9 Å². The summed E-state index contributed by atoms with van der Waals surface area (Å²) in [6.07, 6.45) is 1.09. The quantitative estimate of drug-likeness (QED) is 0.731. The van der Waals surface area contributed by atoms with E-state index >= 15 is 0 Å². The van der Waals surface area contributed by atoms with Gasteiger partial charge in [-0.05, 0) is 5.92 Å². The van der Waals surface area contributed by atoms with Gasteiger partial charge in [0.25, 0.3) is 0 Å². The second-order valence-electron chi connectivity index (χ2n) is 3.41. The molecule has 1 heterocycles. The third kappa shape index (κ3) is 3.01. The van der Waals surface area contributed by atoms with Crippen molar-refractivity contribution in [2.24, 2.45) is 0 Å². The summed E-state index contributed by atoms with van der Waals surface area (Å²) in [6.45, 7) is 3.08. The zero-order valence-electron chi connectivity index (χ0n) is 7.92. The van der Waals surface area contributed by atoms with Gasteiger partial charge in [0, 0.05) is 6.20 Å². The van der Waals surface area contributed by atoms with Crippen molar-refractivity contribution in [3.8, 4) is 0 Å². The number of halogens is 5. The van der Waals surface area contributed by atoms with Crippen molar-refractivity contribution in [1.82, 2.24) is 9.97 Å². The molecule has 2 nitrogen and oxygen atoms in total. The van der Waals surface area contributed by atoms with Gasteiger partial charge in [-0.25, -0.2) is 4.98 Å². The largest absolute Gasteiger partial charge is 0.327 e. The van der Waals surface area contributed by atoms with Crippen LogP contribution in [0, 0.1) is 0 Å². The summed E-state index contributed by atoms with van der Waals surface area (Å²) in [4.78, 5) is 6.03. The maximum Gasteiger partial charge on any atom is 0.327 e. The predicted octanol–water partition coefficient (Wildman–Crippen LogP) is 4.26. The summed E-state index contributed by atoms with van der Waals surface area (Å²) in [6, 6.07) is 0. The van der Waals surface area contributed by atoms with E-state index in [9.17, 15) is 19.4 Å². The van der Waals surface area contributed by atoms with Crippen molar-refractivity contribution in [1.29, 1.82) is 0 Å². The molecular formula is C7H9F5N2S. The number of hydrogen-bond acceptors (Lipinski definition) is 2. The minimum absolute atomic E-state index is 0.0490. The molecule has 0 bridgehead atoms. The molecule has 0 fully saturated rings. The van der Waals surface area contributed by atoms with Gasteiger partial charge in [0.1, 0.15) is 0 Å². The molecule has 0 spiro atoms. The molecule has 0 aliphatic heterocycles. The number of rotatable bonds is 2. The topological polar surface area (TPSA) is 25.8 Å². The molecule has 0 saturated heterocycles. The number of nitrogens with zero attached hydrogens (tertiary/aromatic N) is 2. The van der Waals surface area contributed by atoms with Crippen LogP contribution in [-0.2, 0) is 0 Å². The molecule has 0 aromatic carbocycles. The maximum absolute atomic E-state index is 12.3. The second-order valence-corrected chi connectivity index (χ2v) is 5.76. The molecule has 0 aliphatic carbocycles. The van der Waals surface area contributed by atoms with E-state index < -0.39 is 21.2 Å². The molecule has 88 valence electrons. The average molecular weight is 248 g/mol. The third-order valence-electron chi connectivity index (χ3n) is 1.62. The lowest BCUT2D eigenvalue weighted by atomic mass is 10.1. The van der Waals surface area contributed by atoms with Crippen molar-refractivity contribution in [2.75, 3.05) is 0 Å². The molecular weight excluding hydrogens is 239 g/mol. The Morgan fingerprint density at radius 3 is 2.00 bits per heavy atom. The van der Waals surface area contributed by atoms with Gasteiger partial charge in [-0.2, -0.15) is 0 Å². The molecule has 0 aliphatic rings. The fourth-order valence-corrected chi connectivity index (χ4v) is 1.36. The zero-order valence-corrected chi connectivity index (χ0v) is 8.74. The lowest BCUT2D eigenvalue weighted by Crippen LogP contribution is -2.10. The molecule has 1 aromatic rings. The van der Waals surface area contributed by atoms with E-state index in [1.165, 1.54) is 0 Å². The standard InChI is InChI=1S/C7H9F5N2S/c1-5(2)6-3-13-4-7(14-6)15(8,9,10,11)12/h3-5H,1-2H3. The Morgan fingerprint density at radius 2 is 1.60 bits per heavy atom. The first-order chi connectivity index (χ1) is 6.40.